The number of amides is 1. The predicted octanol–water partition coefficient (Wildman–Crippen LogP) is 3.09. The van der Waals surface area contributed by atoms with Crippen molar-refractivity contribution in [3.05, 3.63) is 53.8 Å². The zero-order valence-corrected chi connectivity index (χ0v) is 18.0. The van der Waals surface area contributed by atoms with Crippen molar-refractivity contribution in [2.75, 3.05) is 49.6 Å². The third-order valence-corrected chi connectivity index (χ3v) is 7.50. The second-order valence-corrected chi connectivity index (χ2v) is 9.65. The molecule has 0 radical (unpaired) electrons. The normalized spacial score (nSPS) is 18.0. The van der Waals surface area contributed by atoms with E-state index >= 15 is 0 Å². The molecular weight excluding hydrogens is 421 g/mol. The second kappa shape index (κ2) is 9.33. The molecule has 2 aliphatic heterocycles. The zero-order chi connectivity index (χ0) is 21.8. The molecule has 2 aromatic rings. The Balaban J connectivity index is 1.57. The summed E-state index contributed by atoms with van der Waals surface area (Å²) in [7, 11) is -3.72. The van der Waals surface area contributed by atoms with Gasteiger partial charge < -0.3 is 15.0 Å². The van der Waals surface area contributed by atoms with E-state index in [0.717, 1.165) is 38.0 Å². The number of halogens is 1. The van der Waals surface area contributed by atoms with Crippen LogP contribution in [0.15, 0.2) is 47.4 Å². The monoisotopic (exact) mass is 447 g/mol. The van der Waals surface area contributed by atoms with E-state index in [1.807, 2.05) is 0 Å². The van der Waals surface area contributed by atoms with Crippen molar-refractivity contribution in [3.63, 3.8) is 0 Å². The highest BCUT2D eigenvalue weighted by Gasteiger charge is 2.27. The molecule has 1 N–H and O–H groups in total. The highest BCUT2D eigenvalue weighted by atomic mass is 32.2. The highest BCUT2D eigenvalue weighted by molar-refractivity contribution is 7.89. The van der Waals surface area contributed by atoms with Crippen molar-refractivity contribution in [1.82, 2.24) is 4.31 Å². The number of rotatable bonds is 5. The maximum atomic E-state index is 13.9. The van der Waals surface area contributed by atoms with Crippen LogP contribution < -0.4 is 10.2 Å². The van der Waals surface area contributed by atoms with Gasteiger partial charge in [-0.15, -0.1) is 0 Å². The highest BCUT2D eigenvalue weighted by Crippen LogP contribution is 2.30. The molecule has 0 atom stereocenters. The molecule has 166 valence electrons. The minimum absolute atomic E-state index is 0.0533. The van der Waals surface area contributed by atoms with Gasteiger partial charge in [0.1, 0.15) is 5.82 Å². The maximum Gasteiger partial charge on any atom is 0.255 e. The van der Waals surface area contributed by atoms with Crippen molar-refractivity contribution in [2.45, 2.75) is 24.2 Å². The number of sulfonamides is 1. The molecule has 31 heavy (non-hydrogen) atoms. The summed E-state index contributed by atoms with van der Waals surface area (Å²) in [4.78, 5) is 15.1. The molecule has 2 aliphatic rings. The van der Waals surface area contributed by atoms with Gasteiger partial charge in [-0.05, 0) is 55.7 Å². The zero-order valence-electron chi connectivity index (χ0n) is 17.2. The average molecular weight is 448 g/mol. The summed E-state index contributed by atoms with van der Waals surface area (Å²) >= 11 is 0. The van der Waals surface area contributed by atoms with E-state index in [2.05, 4.69) is 10.2 Å². The Kier molecular flexibility index (Phi) is 6.54. The molecule has 4 rings (SSSR count). The summed E-state index contributed by atoms with van der Waals surface area (Å²) in [5, 5.41) is 2.77. The van der Waals surface area contributed by atoms with Crippen LogP contribution >= 0.6 is 0 Å². The van der Waals surface area contributed by atoms with Gasteiger partial charge in [0.25, 0.3) is 5.91 Å². The van der Waals surface area contributed by atoms with Gasteiger partial charge in [0.15, 0.2) is 0 Å². The molecule has 7 nitrogen and oxygen atoms in total. The Labute approximate surface area is 181 Å². The summed E-state index contributed by atoms with van der Waals surface area (Å²) < 4.78 is 46.3. The average Bonchev–Trinajstić information content (AvgIpc) is 2.80. The number of ether oxygens (including phenoxy) is 1. The number of carbonyl (C=O) groups is 1. The summed E-state index contributed by atoms with van der Waals surface area (Å²) in [5.74, 6) is -0.928. The fourth-order valence-electron chi connectivity index (χ4n) is 3.95. The smallest absolute Gasteiger partial charge is 0.255 e. The van der Waals surface area contributed by atoms with Gasteiger partial charge in [-0.25, -0.2) is 12.8 Å². The van der Waals surface area contributed by atoms with E-state index < -0.39 is 21.7 Å². The Morgan fingerprint density at radius 1 is 0.968 bits per heavy atom. The SMILES string of the molecule is O=C(Nc1cc(F)ccc1N1CCCCC1)c1cccc(S(=O)(=O)N2CCOCC2)c1. The molecule has 1 amide bonds. The number of piperidine rings is 1. The molecular formula is C22H26FN3O4S. The van der Waals surface area contributed by atoms with Crippen LogP contribution in [0.3, 0.4) is 0 Å². The Bertz CT molecular complexity index is 1050. The van der Waals surface area contributed by atoms with Crippen LogP contribution in [0.2, 0.25) is 0 Å². The van der Waals surface area contributed by atoms with E-state index in [9.17, 15) is 17.6 Å². The quantitative estimate of drug-likeness (QED) is 0.762. The van der Waals surface area contributed by atoms with Crippen LogP contribution in [0.25, 0.3) is 0 Å². The van der Waals surface area contributed by atoms with Crippen LogP contribution in [-0.4, -0.2) is 58.0 Å². The molecule has 0 aromatic heterocycles. The van der Waals surface area contributed by atoms with Crippen molar-refractivity contribution >= 4 is 27.3 Å². The molecule has 0 bridgehead atoms. The molecule has 0 saturated carbocycles. The van der Waals surface area contributed by atoms with Crippen molar-refractivity contribution in [2.24, 2.45) is 0 Å². The van der Waals surface area contributed by atoms with Crippen molar-refractivity contribution in [3.8, 4) is 0 Å². The fourth-order valence-corrected chi connectivity index (χ4v) is 5.40. The molecule has 2 heterocycles. The Hall–Kier alpha value is -2.49. The minimum Gasteiger partial charge on any atom is -0.379 e. The van der Waals surface area contributed by atoms with E-state index in [1.54, 1.807) is 18.2 Å². The first-order valence-electron chi connectivity index (χ1n) is 10.5. The first-order chi connectivity index (χ1) is 14.9. The molecule has 0 aliphatic carbocycles. The number of carbonyl (C=O) groups excluding carboxylic acids is 1. The van der Waals surface area contributed by atoms with Crippen LogP contribution in [0.4, 0.5) is 15.8 Å². The molecule has 2 saturated heterocycles. The van der Waals surface area contributed by atoms with E-state index in [-0.39, 0.29) is 23.5 Å². The molecule has 2 aromatic carbocycles. The topological polar surface area (TPSA) is 79.0 Å². The van der Waals surface area contributed by atoms with Crippen LogP contribution in [0.5, 0.6) is 0 Å². The van der Waals surface area contributed by atoms with E-state index in [4.69, 9.17) is 4.74 Å². The summed E-state index contributed by atoms with van der Waals surface area (Å²) in [6, 6.07) is 10.3. The van der Waals surface area contributed by atoms with Gasteiger partial charge in [0, 0.05) is 31.7 Å². The summed E-state index contributed by atoms with van der Waals surface area (Å²) in [6.07, 6.45) is 3.25. The number of anilines is 2. The number of benzene rings is 2. The summed E-state index contributed by atoms with van der Waals surface area (Å²) in [5.41, 5.74) is 1.35. The third-order valence-electron chi connectivity index (χ3n) is 5.61. The van der Waals surface area contributed by atoms with Gasteiger partial charge in [0.2, 0.25) is 10.0 Å². The summed E-state index contributed by atoms with van der Waals surface area (Å²) in [6.45, 7) is 2.95. The van der Waals surface area contributed by atoms with Gasteiger partial charge in [-0.1, -0.05) is 6.07 Å². The molecule has 2 fully saturated rings. The standard InChI is InChI=1S/C22H26FN3O4S/c23-18-7-8-21(25-9-2-1-3-10-25)20(16-18)24-22(27)17-5-4-6-19(15-17)31(28,29)26-11-13-30-14-12-26/h4-8,15-16H,1-3,9-14H2,(H,24,27). The lowest BCUT2D eigenvalue weighted by Crippen LogP contribution is -2.40. The van der Waals surface area contributed by atoms with Crippen LogP contribution in [0, 0.1) is 5.82 Å². The molecule has 0 unspecified atom stereocenters. The van der Waals surface area contributed by atoms with Crippen molar-refractivity contribution < 1.29 is 22.3 Å². The Morgan fingerprint density at radius 3 is 2.45 bits per heavy atom. The lowest BCUT2D eigenvalue weighted by Gasteiger charge is -2.30. The number of nitrogens with zero attached hydrogens (tertiary/aromatic N) is 2. The molecule has 0 spiro atoms. The number of morpholine rings is 1. The number of hydrogen-bond acceptors (Lipinski definition) is 5. The third kappa shape index (κ3) is 4.89. The van der Waals surface area contributed by atoms with Gasteiger partial charge in [-0.3, -0.25) is 4.79 Å². The minimum atomic E-state index is -3.72. The van der Waals surface area contributed by atoms with E-state index in [1.165, 1.54) is 28.6 Å². The first kappa shape index (κ1) is 21.7. The van der Waals surface area contributed by atoms with Crippen LogP contribution in [-0.2, 0) is 14.8 Å². The number of nitrogens with one attached hydrogen (secondary N) is 1. The lowest BCUT2D eigenvalue weighted by atomic mass is 10.1. The van der Waals surface area contributed by atoms with Gasteiger partial charge in [-0.2, -0.15) is 4.31 Å². The maximum absolute atomic E-state index is 13.9. The number of hydrogen-bond donors (Lipinski definition) is 1. The van der Waals surface area contributed by atoms with Crippen LogP contribution in [0.1, 0.15) is 29.6 Å². The lowest BCUT2D eigenvalue weighted by molar-refractivity contribution is 0.0730. The van der Waals surface area contributed by atoms with E-state index in [0.29, 0.717) is 18.9 Å². The largest absolute Gasteiger partial charge is 0.379 e. The fraction of sp³-hybridized carbons (Fsp3) is 0.409. The predicted molar refractivity (Wildman–Crippen MR) is 116 cm³/mol. The molecule has 9 heteroatoms. The second-order valence-electron chi connectivity index (χ2n) is 7.71. The Morgan fingerprint density at radius 2 is 1.71 bits per heavy atom. The van der Waals surface area contributed by atoms with Crippen molar-refractivity contribution in [1.29, 1.82) is 0 Å². The van der Waals surface area contributed by atoms with Gasteiger partial charge in [0.05, 0.1) is 29.5 Å². The first-order valence-corrected chi connectivity index (χ1v) is 11.9. The van der Waals surface area contributed by atoms with Gasteiger partial charge >= 0.3 is 0 Å².